The summed E-state index contributed by atoms with van der Waals surface area (Å²) in [7, 11) is 0. The number of nitrogens with one attached hydrogen (secondary N) is 2. The minimum Gasteiger partial charge on any atom is -0.309 e. The summed E-state index contributed by atoms with van der Waals surface area (Å²) in [4.78, 5) is 0. The first kappa shape index (κ1) is 8.60. The normalized spacial score (nSPS) is 15.3. The monoisotopic (exact) mass is 204 g/mol. The van der Waals surface area contributed by atoms with E-state index >= 15 is 0 Å². The molecule has 3 rings (SSSR count). The molecule has 0 aliphatic carbocycles. The molecule has 2 N–H and O–H groups in total. The lowest BCUT2D eigenvalue weighted by atomic mass is 10.2. The topological polar surface area (TPSA) is 71.4 Å². The highest BCUT2D eigenvalue weighted by atomic mass is 15.3. The molecule has 78 valence electrons. The van der Waals surface area contributed by atoms with Gasteiger partial charge in [-0.15, -0.1) is 10.2 Å². The van der Waals surface area contributed by atoms with E-state index in [0.29, 0.717) is 0 Å². The fourth-order valence-electron chi connectivity index (χ4n) is 1.87. The Bertz CT molecular complexity index is 483. The van der Waals surface area contributed by atoms with Gasteiger partial charge in [0.15, 0.2) is 5.82 Å². The standard InChI is InChI=1S/C9H12N6/c1-6-7(4-11-12-6)9-14-13-8-5-10-2-3-15(8)9/h4,10H,2-3,5H2,1H3,(H,11,12). The van der Waals surface area contributed by atoms with Crippen LogP contribution in [0.15, 0.2) is 6.20 Å². The molecule has 0 amide bonds. The van der Waals surface area contributed by atoms with Gasteiger partial charge in [0, 0.05) is 18.8 Å². The number of rotatable bonds is 1. The maximum absolute atomic E-state index is 4.21. The maximum atomic E-state index is 4.21. The van der Waals surface area contributed by atoms with E-state index < -0.39 is 0 Å². The molecule has 0 bridgehead atoms. The van der Waals surface area contributed by atoms with Crippen molar-refractivity contribution in [3.63, 3.8) is 0 Å². The minimum absolute atomic E-state index is 0.796. The molecule has 0 spiro atoms. The molecule has 3 heterocycles. The number of aromatic nitrogens is 5. The van der Waals surface area contributed by atoms with Crippen LogP contribution in [-0.2, 0) is 13.1 Å². The average Bonchev–Trinajstić information content (AvgIpc) is 2.83. The highest BCUT2D eigenvalue weighted by Crippen LogP contribution is 2.21. The van der Waals surface area contributed by atoms with Crippen LogP contribution >= 0.6 is 0 Å². The van der Waals surface area contributed by atoms with Gasteiger partial charge in [-0.2, -0.15) is 5.10 Å². The predicted octanol–water partition coefficient (Wildman–Crippen LogP) is 0.0798. The third-order valence-electron chi connectivity index (χ3n) is 2.69. The molecule has 6 nitrogen and oxygen atoms in total. The minimum atomic E-state index is 0.796. The van der Waals surface area contributed by atoms with Gasteiger partial charge in [-0.05, 0) is 6.92 Å². The van der Waals surface area contributed by atoms with Crippen LogP contribution < -0.4 is 5.32 Å². The van der Waals surface area contributed by atoms with Gasteiger partial charge in [-0.25, -0.2) is 0 Å². The van der Waals surface area contributed by atoms with E-state index in [2.05, 4.69) is 30.3 Å². The van der Waals surface area contributed by atoms with E-state index in [-0.39, 0.29) is 0 Å². The van der Waals surface area contributed by atoms with Gasteiger partial charge in [0.05, 0.1) is 18.3 Å². The summed E-state index contributed by atoms with van der Waals surface area (Å²) in [6, 6.07) is 0. The van der Waals surface area contributed by atoms with Crippen LogP contribution in [0.4, 0.5) is 0 Å². The Balaban J connectivity index is 2.13. The van der Waals surface area contributed by atoms with Gasteiger partial charge in [-0.1, -0.05) is 0 Å². The SMILES string of the molecule is Cc1[nH]ncc1-c1nnc2n1CCNC2. The Morgan fingerprint density at radius 3 is 3.13 bits per heavy atom. The first-order valence-electron chi connectivity index (χ1n) is 4.99. The van der Waals surface area contributed by atoms with Crippen molar-refractivity contribution >= 4 is 0 Å². The molecule has 6 heteroatoms. The lowest BCUT2D eigenvalue weighted by Gasteiger charge is -2.15. The maximum Gasteiger partial charge on any atom is 0.167 e. The largest absolute Gasteiger partial charge is 0.309 e. The third kappa shape index (κ3) is 1.25. The second-order valence-corrected chi connectivity index (χ2v) is 3.68. The van der Waals surface area contributed by atoms with E-state index in [1.54, 1.807) is 6.20 Å². The summed E-state index contributed by atoms with van der Waals surface area (Å²) in [6.45, 7) is 4.67. The second-order valence-electron chi connectivity index (χ2n) is 3.68. The number of aryl methyl sites for hydroxylation is 1. The molecule has 0 atom stereocenters. The molecule has 0 aromatic carbocycles. The number of H-pyrrole nitrogens is 1. The number of hydrogen-bond acceptors (Lipinski definition) is 4. The Morgan fingerprint density at radius 2 is 2.33 bits per heavy atom. The van der Waals surface area contributed by atoms with E-state index in [4.69, 9.17) is 0 Å². The Labute approximate surface area is 86.7 Å². The summed E-state index contributed by atoms with van der Waals surface area (Å²) in [5.41, 5.74) is 2.07. The first-order valence-corrected chi connectivity index (χ1v) is 4.99. The summed E-state index contributed by atoms with van der Waals surface area (Å²) >= 11 is 0. The molecule has 0 unspecified atom stereocenters. The van der Waals surface area contributed by atoms with Crippen LogP contribution in [0.2, 0.25) is 0 Å². The molecule has 0 saturated heterocycles. The van der Waals surface area contributed by atoms with Gasteiger partial charge in [-0.3, -0.25) is 5.10 Å². The van der Waals surface area contributed by atoms with Crippen molar-refractivity contribution in [1.29, 1.82) is 0 Å². The zero-order valence-corrected chi connectivity index (χ0v) is 8.49. The zero-order chi connectivity index (χ0) is 10.3. The number of aromatic amines is 1. The van der Waals surface area contributed by atoms with Crippen molar-refractivity contribution in [2.45, 2.75) is 20.0 Å². The molecule has 0 fully saturated rings. The fourth-order valence-corrected chi connectivity index (χ4v) is 1.87. The average molecular weight is 204 g/mol. The number of nitrogens with zero attached hydrogens (tertiary/aromatic N) is 4. The second kappa shape index (κ2) is 3.16. The molecule has 2 aromatic rings. The molecular formula is C9H12N6. The van der Waals surface area contributed by atoms with E-state index in [1.165, 1.54) is 0 Å². The van der Waals surface area contributed by atoms with Crippen molar-refractivity contribution in [2.75, 3.05) is 6.54 Å². The molecule has 2 aromatic heterocycles. The fraction of sp³-hybridized carbons (Fsp3) is 0.444. The molecular weight excluding hydrogens is 192 g/mol. The number of hydrogen-bond donors (Lipinski definition) is 2. The Hall–Kier alpha value is -1.69. The van der Waals surface area contributed by atoms with E-state index in [1.807, 2.05) is 6.92 Å². The first-order chi connectivity index (χ1) is 7.36. The van der Waals surface area contributed by atoms with Crippen LogP contribution in [0.3, 0.4) is 0 Å². The van der Waals surface area contributed by atoms with Gasteiger partial charge >= 0.3 is 0 Å². The van der Waals surface area contributed by atoms with Crippen molar-refractivity contribution in [3.05, 3.63) is 17.7 Å². The van der Waals surface area contributed by atoms with E-state index in [0.717, 1.165) is 42.5 Å². The van der Waals surface area contributed by atoms with Crippen LogP contribution in [-0.4, -0.2) is 31.5 Å². The zero-order valence-electron chi connectivity index (χ0n) is 8.49. The van der Waals surface area contributed by atoms with Gasteiger partial charge in [0.1, 0.15) is 5.82 Å². The molecule has 1 aliphatic rings. The van der Waals surface area contributed by atoms with Crippen LogP contribution in [0.5, 0.6) is 0 Å². The summed E-state index contributed by atoms with van der Waals surface area (Å²) in [5, 5.41) is 18.6. The third-order valence-corrected chi connectivity index (χ3v) is 2.69. The molecule has 0 saturated carbocycles. The molecule has 1 aliphatic heterocycles. The summed E-state index contributed by atoms with van der Waals surface area (Å²) in [5.74, 6) is 1.91. The highest BCUT2D eigenvalue weighted by Gasteiger charge is 2.18. The van der Waals surface area contributed by atoms with E-state index in [9.17, 15) is 0 Å². The van der Waals surface area contributed by atoms with Crippen molar-refractivity contribution in [1.82, 2.24) is 30.3 Å². The smallest absolute Gasteiger partial charge is 0.167 e. The lowest BCUT2D eigenvalue weighted by Crippen LogP contribution is -2.28. The lowest BCUT2D eigenvalue weighted by molar-refractivity contribution is 0.508. The van der Waals surface area contributed by atoms with Crippen molar-refractivity contribution in [2.24, 2.45) is 0 Å². The predicted molar refractivity (Wildman–Crippen MR) is 54.0 cm³/mol. The molecule has 0 radical (unpaired) electrons. The quantitative estimate of drug-likeness (QED) is 0.690. The van der Waals surface area contributed by atoms with Crippen LogP contribution in [0.25, 0.3) is 11.4 Å². The van der Waals surface area contributed by atoms with Crippen LogP contribution in [0, 0.1) is 6.92 Å². The van der Waals surface area contributed by atoms with Gasteiger partial charge in [0.25, 0.3) is 0 Å². The summed E-state index contributed by atoms with van der Waals surface area (Å²) in [6.07, 6.45) is 1.80. The van der Waals surface area contributed by atoms with Gasteiger partial charge in [0.2, 0.25) is 0 Å². The molecule has 15 heavy (non-hydrogen) atoms. The Morgan fingerprint density at radius 1 is 1.40 bits per heavy atom. The highest BCUT2D eigenvalue weighted by molar-refractivity contribution is 5.57. The summed E-state index contributed by atoms with van der Waals surface area (Å²) < 4.78 is 2.15. The van der Waals surface area contributed by atoms with Crippen molar-refractivity contribution in [3.8, 4) is 11.4 Å². The number of fused-ring (bicyclic) bond motifs is 1. The Kier molecular flexibility index (Phi) is 1.81. The van der Waals surface area contributed by atoms with Gasteiger partial charge < -0.3 is 9.88 Å². The van der Waals surface area contributed by atoms with Crippen molar-refractivity contribution < 1.29 is 0 Å². The van der Waals surface area contributed by atoms with Crippen LogP contribution in [0.1, 0.15) is 11.5 Å².